The van der Waals surface area contributed by atoms with Crippen molar-refractivity contribution < 1.29 is 0 Å². The van der Waals surface area contributed by atoms with Crippen LogP contribution < -0.4 is 5.73 Å². The van der Waals surface area contributed by atoms with Crippen molar-refractivity contribution in [3.05, 3.63) is 0 Å². The van der Waals surface area contributed by atoms with Gasteiger partial charge >= 0.3 is 0 Å². The van der Waals surface area contributed by atoms with Crippen LogP contribution in [0.1, 0.15) is 46.0 Å². The molecule has 1 fully saturated rings. The molecule has 0 radical (unpaired) electrons. The monoisotopic (exact) mass is 241 g/mol. The van der Waals surface area contributed by atoms with Crippen molar-refractivity contribution in [2.24, 2.45) is 5.73 Å². The number of likely N-dealkylation sites (tertiary alicyclic amines) is 1. The highest BCUT2D eigenvalue weighted by Gasteiger charge is 2.36. The summed E-state index contributed by atoms with van der Waals surface area (Å²) in [7, 11) is 4.51. The van der Waals surface area contributed by atoms with E-state index in [9.17, 15) is 0 Å². The number of nitrogens with two attached hydrogens (primary N) is 1. The van der Waals surface area contributed by atoms with Gasteiger partial charge in [0.1, 0.15) is 0 Å². The smallest absolute Gasteiger partial charge is 0.0344 e. The Balaban J connectivity index is 2.78. The molecule has 0 aliphatic carbocycles. The first kappa shape index (κ1) is 14.9. The van der Waals surface area contributed by atoms with Gasteiger partial charge in [0.2, 0.25) is 0 Å². The minimum Gasteiger partial charge on any atom is -0.329 e. The molecule has 0 spiro atoms. The maximum atomic E-state index is 6.14. The summed E-state index contributed by atoms with van der Waals surface area (Å²) in [5.41, 5.74) is 6.38. The van der Waals surface area contributed by atoms with Crippen molar-refractivity contribution in [3.63, 3.8) is 0 Å². The van der Waals surface area contributed by atoms with Crippen LogP contribution in [0.25, 0.3) is 0 Å². The Hall–Kier alpha value is -0.120. The predicted molar refractivity (Wildman–Crippen MR) is 75.3 cm³/mol. The molecule has 0 aromatic carbocycles. The lowest BCUT2D eigenvalue weighted by Gasteiger charge is -2.45. The van der Waals surface area contributed by atoms with Gasteiger partial charge in [0.25, 0.3) is 0 Å². The molecule has 1 unspecified atom stereocenters. The van der Waals surface area contributed by atoms with Crippen LogP contribution in [0.5, 0.6) is 0 Å². The van der Waals surface area contributed by atoms with Gasteiger partial charge < -0.3 is 10.6 Å². The quantitative estimate of drug-likeness (QED) is 0.798. The van der Waals surface area contributed by atoms with Crippen molar-refractivity contribution in [1.82, 2.24) is 9.80 Å². The van der Waals surface area contributed by atoms with E-state index in [0.717, 1.165) is 6.54 Å². The van der Waals surface area contributed by atoms with Crippen LogP contribution in [-0.4, -0.2) is 55.1 Å². The molecule has 0 saturated carbocycles. The Labute approximate surface area is 107 Å². The zero-order valence-corrected chi connectivity index (χ0v) is 12.2. The lowest BCUT2D eigenvalue weighted by molar-refractivity contribution is 0.0590. The van der Waals surface area contributed by atoms with Crippen LogP contribution in [-0.2, 0) is 0 Å². The largest absolute Gasteiger partial charge is 0.329 e. The molecule has 0 aromatic heterocycles. The highest BCUT2D eigenvalue weighted by Crippen LogP contribution is 2.30. The van der Waals surface area contributed by atoms with Crippen LogP contribution in [0.4, 0.5) is 0 Å². The van der Waals surface area contributed by atoms with E-state index in [1.54, 1.807) is 0 Å². The van der Waals surface area contributed by atoms with E-state index >= 15 is 0 Å². The predicted octanol–water partition coefficient (Wildman–Crippen LogP) is 1.92. The summed E-state index contributed by atoms with van der Waals surface area (Å²) in [5.74, 6) is 0. The summed E-state index contributed by atoms with van der Waals surface area (Å²) >= 11 is 0. The SMILES string of the molecule is CCC(CC)N(C)C1(CN)CCCN(C)CC1. The Morgan fingerprint density at radius 1 is 1.24 bits per heavy atom. The van der Waals surface area contributed by atoms with E-state index in [-0.39, 0.29) is 5.54 Å². The molecule has 17 heavy (non-hydrogen) atoms. The Bertz CT molecular complexity index is 216. The van der Waals surface area contributed by atoms with Crippen LogP contribution in [0.2, 0.25) is 0 Å². The van der Waals surface area contributed by atoms with E-state index < -0.39 is 0 Å². The fraction of sp³-hybridized carbons (Fsp3) is 1.00. The lowest BCUT2D eigenvalue weighted by Crippen LogP contribution is -2.56. The van der Waals surface area contributed by atoms with Crippen LogP contribution >= 0.6 is 0 Å². The van der Waals surface area contributed by atoms with Crippen molar-refractivity contribution in [1.29, 1.82) is 0 Å². The zero-order valence-electron chi connectivity index (χ0n) is 12.2. The molecule has 0 amide bonds. The van der Waals surface area contributed by atoms with Crippen LogP contribution in [0.3, 0.4) is 0 Å². The molecule has 1 rings (SSSR count). The summed E-state index contributed by atoms with van der Waals surface area (Å²) in [6, 6.07) is 0.682. The van der Waals surface area contributed by atoms with E-state index in [1.807, 2.05) is 0 Å². The average molecular weight is 241 g/mol. The molecule has 1 aliphatic rings. The van der Waals surface area contributed by atoms with E-state index in [1.165, 1.54) is 45.2 Å². The van der Waals surface area contributed by atoms with Gasteiger partial charge in [0.05, 0.1) is 0 Å². The Morgan fingerprint density at radius 3 is 2.41 bits per heavy atom. The zero-order chi connectivity index (χ0) is 12.9. The van der Waals surface area contributed by atoms with Gasteiger partial charge in [-0.25, -0.2) is 0 Å². The highest BCUT2D eigenvalue weighted by atomic mass is 15.2. The van der Waals surface area contributed by atoms with Crippen molar-refractivity contribution >= 4 is 0 Å². The van der Waals surface area contributed by atoms with Gasteiger partial charge in [0, 0.05) is 18.1 Å². The number of hydrogen-bond acceptors (Lipinski definition) is 3. The van der Waals surface area contributed by atoms with Crippen molar-refractivity contribution in [3.8, 4) is 0 Å². The number of likely N-dealkylation sites (N-methyl/N-ethyl adjacent to an activating group) is 1. The summed E-state index contributed by atoms with van der Waals surface area (Å²) in [6.45, 7) is 7.78. The second-order valence-electron chi connectivity index (χ2n) is 5.67. The summed E-state index contributed by atoms with van der Waals surface area (Å²) < 4.78 is 0. The summed E-state index contributed by atoms with van der Waals surface area (Å²) in [4.78, 5) is 5.03. The first-order chi connectivity index (χ1) is 8.09. The third-order valence-corrected chi connectivity index (χ3v) is 4.76. The number of hydrogen-bond donors (Lipinski definition) is 1. The van der Waals surface area contributed by atoms with Gasteiger partial charge in [0.15, 0.2) is 0 Å². The maximum Gasteiger partial charge on any atom is 0.0344 e. The second-order valence-corrected chi connectivity index (χ2v) is 5.67. The number of rotatable bonds is 5. The van der Waals surface area contributed by atoms with Gasteiger partial charge in [-0.05, 0) is 59.3 Å². The third kappa shape index (κ3) is 3.43. The molecule has 0 bridgehead atoms. The Morgan fingerprint density at radius 2 is 1.88 bits per heavy atom. The van der Waals surface area contributed by atoms with Crippen molar-refractivity contribution in [2.45, 2.75) is 57.5 Å². The molecule has 1 atom stereocenters. The van der Waals surface area contributed by atoms with Crippen LogP contribution in [0.15, 0.2) is 0 Å². The van der Waals surface area contributed by atoms with E-state index in [0.29, 0.717) is 6.04 Å². The highest BCUT2D eigenvalue weighted by molar-refractivity contribution is 4.95. The lowest BCUT2D eigenvalue weighted by atomic mass is 9.87. The summed E-state index contributed by atoms with van der Waals surface area (Å²) in [6.07, 6.45) is 6.20. The fourth-order valence-electron chi connectivity index (χ4n) is 3.24. The normalized spacial score (nSPS) is 27.7. The average Bonchev–Trinajstić information content (AvgIpc) is 2.53. The first-order valence-electron chi connectivity index (χ1n) is 7.21. The third-order valence-electron chi connectivity index (χ3n) is 4.76. The molecular weight excluding hydrogens is 210 g/mol. The van der Waals surface area contributed by atoms with E-state index in [4.69, 9.17) is 5.73 Å². The van der Waals surface area contributed by atoms with Gasteiger partial charge in [-0.2, -0.15) is 0 Å². The van der Waals surface area contributed by atoms with Crippen molar-refractivity contribution in [2.75, 3.05) is 33.7 Å². The first-order valence-corrected chi connectivity index (χ1v) is 7.21. The molecule has 3 heteroatoms. The Kier molecular flexibility index (Phi) is 5.90. The number of nitrogens with zero attached hydrogens (tertiary/aromatic N) is 2. The topological polar surface area (TPSA) is 32.5 Å². The van der Waals surface area contributed by atoms with Gasteiger partial charge in [-0.3, -0.25) is 4.90 Å². The van der Waals surface area contributed by atoms with Gasteiger partial charge in [-0.15, -0.1) is 0 Å². The van der Waals surface area contributed by atoms with Crippen LogP contribution in [0, 0.1) is 0 Å². The molecular formula is C14H31N3. The van der Waals surface area contributed by atoms with E-state index in [2.05, 4.69) is 37.7 Å². The molecule has 102 valence electrons. The minimum absolute atomic E-state index is 0.238. The fourth-order valence-corrected chi connectivity index (χ4v) is 3.24. The standard InChI is InChI=1S/C14H31N3/c1-5-13(6-2)17(4)14(12-15)8-7-10-16(3)11-9-14/h13H,5-12,15H2,1-4H3. The molecule has 3 nitrogen and oxygen atoms in total. The molecule has 1 saturated heterocycles. The molecule has 0 aromatic rings. The molecule has 2 N–H and O–H groups in total. The maximum absolute atomic E-state index is 6.14. The summed E-state index contributed by atoms with van der Waals surface area (Å²) in [5, 5.41) is 0. The molecule has 1 heterocycles. The van der Waals surface area contributed by atoms with Gasteiger partial charge in [-0.1, -0.05) is 13.8 Å². The minimum atomic E-state index is 0.238. The molecule has 1 aliphatic heterocycles. The second kappa shape index (κ2) is 6.72.